The number of likely N-dealkylation sites (N-methyl/N-ethyl adjacent to an activating group) is 1. The van der Waals surface area contributed by atoms with Gasteiger partial charge in [-0.3, -0.25) is 4.90 Å². The number of nitrogens with zero attached hydrogens (tertiary/aromatic N) is 2. The molecule has 0 spiro atoms. The van der Waals surface area contributed by atoms with E-state index in [2.05, 4.69) is 46.5 Å². The van der Waals surface area contributed by atoms with E-state index < -0.39 is 0 Å². The molecule has 26 heavy (non-hydrogen) atoms. The summed E-state index contributed by atoms with van der Waals surface area (Å²) in [6.45, 7) is 0.849. The topological polar surface area (TPSA) is 51.4 Å². The number of rotatable bonds is 2. The molecule has 2 heterocycles. The fourth-order valence-electron chi connectivity index (χ4n) is 4.67. The Kier molecular flexibility index (Phi) is 3.44. The highest BCUT2D eigenvalue weighted by atomic mass is 16.2. The average molecular weight is 350 g/mol. The summed E-state index contributed by atoms with van der Waals surface area (Å²) >= 11 is 0. The van der Waals surface area contributed by atoms with Crippen LogP contribution in [0.15, 0.2) is 24.3 Å². The molecular formula is C21H26N4O. The van der Waals surface area contributed by atoms with Crippen LogP contribution in [0.25, 0.3) is 16.5 Å². The Hall–Kier alpha value is -2.27. The smallest absolute Gasteiger partial charge is 0.317 e. The molecule has 1 aromatic heterocycles. The van der Waals surface area contributed by atoms with Gasteiger partial charge in [-0.05, 0) is 55.0 Å². The molecule has 0 bridgehead atoms. The van der Waals surface area contributed by atoms with Gasteiger partial charge in [-0.15, -0.1) is 0 Å². The second-order valence-corrected chi connectivity index (χ2v) is 8.25. The zero-order valence-electron chi connectivity index (χ0n) is 15.7. The minimum atomic E-state index is -0.0360. The fraction of sp³-hybridized carbons (Fsp3) is 0.476. The third kappa shape index (κ3) is 2.37. The SMILES string of the molecule is CN(C)C(=O)NC1C=C2c3cccc4[nH]c(C5CC5)c(c34)C[C@H]2N(C)C1. The van der Waals surface area contributed by atoms with Crippen LogP contribution >= 0.6 is 0 Å². The molecule has 1 aromatic carbocycles. The van der Waals surface area contributed by atoms with Gasteiger partial charge in [-0.2, -0.15) is 0 Å². The maximum atomic E-state index is 12.1. The third-order valence-electron chi connectivity index (χ3n) is 6.13. The van der Waals surface area contributed by atoms with Crippen LogP contribution in [0.2, 0.25) is 0 Å². The van der Waals surface area contributed by atoms with Crippen LogP contribution in [0.5, 0.6) is 0 Å². The van der Waals surface area contributed by atoms with Crippen LogP contribution in [0.1, 0.15) is 35.6 Å². The van der Waals surface area contributed by atoms with Gasteiger partial charge < -0.3 is 15.2 Å². The van der Waals surface area contributed by atoms with Crippen molar-refractivity contribution in [2.45, 2.75) is 37.3 Å². The minimum Gasteiger partial charge on any atom is -0.358 e. The Bertz CT molecular complexity index is 921. The Morgan fingerprint density at radius 1 is 1.31 bits per heavy atom. The normalized spacial score (nSPS) is 25.0. The number of nitrogens with one attached hydrogen (secondary N) is 2. The van der Waals surface area contributed by atoms with E-state index in [9.17, 15) is 4.79 Å². The molecule has 1 fully saturated rings. The highest BCUT2D eigenvalue weighted by Crippen LogP contribution is 2.48. The van der Waals surface area contributed by atoms with Crippen molar-refractivity contribution in [3.8, 4) is 0 Å². The molecule has 2 amide bonds. The molecule has 1 aliphatic heterocycles. The lowest BCUT2D eigenvalue weighted by atomic mass is 9.80. The van der Waals surface area contributed by atoms with E-state index in [1.165, 1.54) is 46.1 Å². The fourth-order valence-corrected chi connectivity index (χ4v) is 4.67. The first kappa shape index (κ1) is 15.9. The van der Waals surface area contributed by atoms with Crippen LogP contribution in [0.3, 0.4) is 0 Å². The predicted octanol–water partition coefficient (Wildman–Crippen LogP) is 2.94. The molecule has 2 N–H and O–H groups in total. The molecule has 0 radical (unpaired) electrons. The Balaban J connectivity index is 1.60. The van der Waals surface area contributed by atoms with E-state index >= 15 is 0 Å². The number of hydrogen-bond acceptors (Lipinski definition) is 2. The van der Waals surface area contributed by atoms with Crippen molar-refractivity contribution >= 4 is 22.5 Å². The standard InChI is InChI=1S/C21H26N4O/c1-24(2)21(26)22-13-9-15-14-5-4-6-17-19(14)16(10-18(15)25(3)11-13)20(23-17)12-7-8-12/h4-6,9,12-13,18,23H,7-8,10-11H2,1-3H3,(H,22,26)/t13?,18-/m1/s1. The number of benzene rings is 1. The van der Waals surface area contributed by atoms with Crippen LogP contribution in [-0.2, 0) is 6.42 Å². The molecule has 5 rings (SSSR count). The molecule has 2 aliphatic carbocycles. The molecule has 2 atom stereocenters. The van der Waals surface area contributed by atoms with Gasteiger partial charge >= 0.3 is 6.03 Å². The maximum Gasteiger partial charge on any atom is 0.317 e. The number of carbonyl (C=O) groups is 1. The zero-order valence-corrected chi connectivity index (χ0v) is 15.7. The largest absolute Gasteiger partial charge is 0.358 e. The van der Waals surface area contributed by atoms with Gasteiger partial charge in [0.25, 0.3) is 0 Å². The first-order valence-corrected chi connectivity index (χ1v) is 9.56. The number of H-pyrrole nitrogens is 1. The number of amides is 2. The van der Waals surface area contributed by atoms with E-state index in [4.69, 9.17) is 0 Å². The Morgan fingerprint density at radius 3 is 2.85 bits per heavy atom. The lowest BCUT2D eigenvalue weighted by molar-refractivity contribution is 0.205. The van der Waals surface area contributed by atoms with Crippen molar-refractivity contribution in [2.75, 3.05) is 27.7 Å². The summed E-state index contributed by atoms with van der Waals surface area (Å²) < 4.78 is 0. The minimum absolute atomic E-state index is 0.0360. The highest BCUT2D eigenvalue weighted by Gasteiger charge is 2.38. The number of aromatic nitrogens is 1. The molecule has 136 valence electrons. The summed E-state index contributed by atoms with van der Waals surface area (Å²) in [5.41, 5.74) is 6.97. The lowest BCUT2D eigenvalue weighted by Crippen LogP contribution is -2.51. The predicted molar refractivity (Wildman–Crippen MR) is 104 cm³/mol. The summed E-state index contributed by atoms with van der Waals surface area (Å²) in [6.07, 6.45) is 5.99. The van der Waals surface area contributed by atoms with Gasteiger partial charge in [0.1, 0.15) is 0 Å². The van der Waals surface area contributed by atoms with Gasteiger partial charge in [0.2, 0.25) is 0 Å². The first-order valence-electron chi connectivity index (χ1n) is 9.56. The van der Waals surface area contributed by atoms with E-state index in [1.54, 1.807) is 19.0 Å². The number of hydrogen-bond donors (Lipinski definition) is 2. The monoisotopic (exact) mass is 350 g/mol. The van der Waals surface area contributed by atoms with Crippen LogP contribution in [0, 0.1) is 0 Å². The van der Waals surface area contributed by atoms with Crippen LogP contribution in [-0.4, -0.2) is 60.6 Å². The van der Waals surface area contributed by atoms with E-state index in [0.717, 1.165) is 18.9 Å². The summed E-state index contributed by atoms with van der Waals surface area (Å²) in [7, 11) is 5.75. The van der Waals surface area contributed by atoms with Crippen molar-refractivity contribution in [2.24, 2.45) is 0 Å². The molecule has 2 aromatic rings. The molecule has 5 nitrogen and oxygen atoms in total. The van der Waals surface area contributed by atoms with E-state index in [0.29, 0.717) is 6.04 Å². The Morgan fingerprint density at radius 2 is 2.12 bits per heavy atom. The van der Waals surface area contributed by atoms with Gasteiger partial charge in [-0.1, -0.05) is 18.2 Å². The zero-order chi connectivity index (χ0) is 18.0. The van der Waals surface area contributed by atoms with Crippen LogP contribution < -0.4 is 5.32 Å². The summed E-state index contributed by atoms with van der Waals surface area (Å²) in [5, 5.41) is 4.54. The number of fused-ring (bicyclic) bond motifs is 2. The highest BCUT2D eigenvalue weighted by molar-refractivity contribution is 5.99. The van der Waals surface area contributed by atoms with Gasteiger partial charge in [0, 0.05) is 43.3 Å². The number of urea groups is 1. The quantitative estimate of drug-likeness (QED) is 0.875. The van der Waals surface area contributed by atoms with Crippen molar-refractivity contribution < 1.29 is 4.79 Å². The molecule has 0 saturated heterocycles. The lowest BCUT2D eigenvalue weighted by Gasteiger charge is -2.40. The summed E-state index contributed by atoms with van der Waals surface area (Å²) in [5.74, 6) is 0.733. The first-order chi connectivity index (χ1) is 12.5. The Labute approximate surface area is 154 Å². The summed E-state index contributed by atoms with van der Waals surface area (Å²) in [6, 6.07) is 7.00. The van der Waals surface area contributed by atoms with Crippen molar-refractivity contribution in [1.29, 1.82) is 0 Å². The molecular weight excluding hydrogens is 324 g/mol. The second-order valence-electron chi connectivity index (χ2n) is 8.25. The van der Waals surface area contributed by atoms with Crippen molar-refractivity contribution in [1.82, 2.24) is 20.1 Å². The molecule has 1 unspecified atom stereocenters. The van der Waals surface area contributed by atoms with E-state index in [1.807, 2.05) is 0 Å². The van der Waals surface area contributed by atoms with Gasteiger partial charge in [0.05, 0.1) is 6.04 Å². The van der Waals surface area contributed by atoms with Gasteiger partial charge in [0.15, 0.2) is 0 Å². The average Bonchev–Trinajstić information content (AvgIpc) is 3.39. The number of carbonyl (C=O) groups excluding carboxylic acids is 1. The van der Waals surface area contributed by atoms with Crippen molar-refractivity contribution in [3.05, 3.63) is 41.1 Å². The van der Waals surface area contributed by atoms with Gasteiger partial charge in [-0.25, -0.2) is 4.79 Å². The second kappa shape index (κ2) is 5.61. The maximum absolute atomic E-state index is 12.1. The molecule has 3 aliphatic rings. The van der Waals surface area contributed by atoms with Crippen LogP contribution in [0.4, 0.5) is 4.79 Å². The molecule has 5 heteroatoms. The third-order valence-corrected chi connectivity index (χ3v) is 6.13. The summed E-state index contributed by atoms with van der Waals surface area (Å²) in [4.78, 5) is 19.8. The number of aromatic amines is 1. The van der Waals surface area contributed by atoms with E-state index in [-0.39, 0.29) is 12.1 Å². The molecule has 1 saturated carbocycles. The van der Waals surface area contributed by atoms with Crippen molar-refractivity contribution in [3.63, 3.8) is 0 Å².